The first kappa shape index (κ1) is 15.5. The van der Waals surface area contributed by atoms with E-state index in [1.54, 1.807) is 6.07 Å². The molecule has 0 bridgehead atoms. The molecular weight excluding hydrogens is 278 g/mol. The molecule has 1 aromatic rings. The van der Waals surface area contributed by atoms with E-state index in [0.717, 1.165) is 18.8 Å². The van der Waals surface area contributed by atoms with Gasteiger partial charge in [-0.15, -0.1) is 0 Å². The maximum absolute atomic E-state index is 12.0. The van der Waals surface area contributed by atoms with Crippen LogP contribution in [0.5, 0.6) is 0 Å². The van der Waals surface area contributed by atoms with Gasteiger partial charge in [-0.25, -0.2) is 13.1 Å². The number of ether oxygens (including phenoxy) is 1. The molecule has 1 fully saturated rings. The van der Waals surface area contributed by atoms with Crippen molar-refractivity contribution in [3.8, 4) is 0 Å². The Morgan fingerprint density at radius 2 is 2.25 bits per heavy atom. The molecule has 6 nitrogen and oxygen atoms in total. The second-order valence-electron chi connectivity index (χ2n) is 5.06. The number of hydrogen-bond donors (Lipinski definition) is 3. The smallest absolute Gasteiger partial charge is 0.242 e. The number of rotatable bonds is 10. The van der Waals surface area contributed by atoms with E-state index in [1.165, 1.54) is 19.0 Å². The van der Waals surface area contributed by atoms with Crippen LogP contribution in [0.3, 0.4) is 0 Å². The fourth-order valence-electron chi connectivity index (χ4n) is 1.80. The normalized spacial score (nSPS) is 15.7. The van der Waals surface area contributed by atoms with Crippen molar-refractivity contribution < 1.29 is 13.2 Å². The Bertz CT molecular complexity index is 509. The van der Waals surface area contributed by atoms with Crippen LogP contribution in [-0.2, 0) is 21.3 Å². The molecule has 0 aliphatic heterocycles. The summed E-state index contributed by atoms with van der Waals surface area (Å²) in [5.41, 5.74) is 0.859. The highest BCUT2D eigenvalue weighted by Crippen LogP contribution is 2.28. The van der Waals surface area contributed by atoms with E-state index < -0.39 is 10.0 Å². The molecule has 0 radical (unpaired) electrons. The quantitative estimate of drug-likeness (QED) is 0.559. The molecule has 0 aromatic carbocycles. The maximum atomic E-state index is 12.0. The van der Waals surface area contributed by atoms with Gasteiger partial charge in [-0.2, -0.15) is 0 Å². The number of aromatic nitrogens is 1. The molecule has 0 spiro atoms. The topological polar surface area (TPSA) is 83.2 Å². The molecule has 0 atom stereocenters. The standard InChI is InChI=1S/C13H23N3O3S/c1-2-14-8-12-7-13(9-15-12)20(17,18)16-5-6-19-10-11-3-4-11/h7,9,11,14-16H,2-6,8,10H2,1H3. The van der Waals surface area contributed by atoms with Crippen molar-refractivity contribution in [2.45, 2.75) is 31.2 Å². The van der Waals surface area contributed by atoms with Gasteiger partial charge in [0.2, 0.25) is 10.0 Å². The number of sulfonamides is 1. The predicted molar refractivity (Wildman–Crippen MR) is 76.9 cm³/mol. The molecule has 1 heterocycles. The second kappa shape index (κ2) is 7.21. The molecule has 114 valence electrons. The fourth-order valence-corrected chi connectivity index (χ4v) is 2.83. The minimum atomic E-state index is -3.44. The molecule has 1 aromatic heterocycles. The maximum Gasteiger partial charge on any atom is 0.242 e. The number of nitrogens with one attached hydrogen (secondary N) is 3. The Kier molecular flexibility index (Phi) is 5.59. The molecule has 7 heteroatoms. The van der Waals surface area contributed by atoms with E-state index in [4.69, 9.17) is 4.74 Å². The van der Waals surface area contributed by atoms with Crippen LogP contribution in [0.2, 0.25) is 0 Å². The Morgan fingerprint density at radius 1 is 1.45 bits per heavy atom. The number of hydrogen-bond acceptors (Lipinski definition) is 4. The van der Waals surface area contributed by atoms with Crippen molar-refractivity contribution in [3.05, 3.63) is 18.0 Å². The van der Waals surface area contributed by atoms with Crippen molar-refractivity contribution in [2.24, 2.45) is 5.92 Å². The second-order valence-corrected chi connectivity index (χ2v) is 6.82. The monoisotopic (exact) mass is 301 g/mol. The zero-order valence-corrected chi connectivity index (χ0v) is 12.6. The van der Waals surface area contributed by atoms with Gasteiger partial charge in [0.1, 0.15) is 0 Å². The van der Waals surface area contributed by atoms with Crippen LogP contribution in [0.1, 0.15) is 25.5 Å². The molecule has 1 saturated carbocycles. The van der Waals surface area contributed by atoms with Gasteiger partial charge >= 0.3 is 0 Å². The Morgan fingerprint density at radius 3 is 2.95 bits per heavy atom. The van der Waals surface area contributed by atoms with Crippen molar-refractivity contribution in [2.75, 3.05) is 26.3 Å². The van der Waals surface area contributed by atoms with E-state index in [2.05, 4.69) is 15.0 Å². The van der Waals surface area contributed by atoms with Crippen molar-refractivity contribution in [1.29, 1.82) is 0 Å². The van der Waals surface area contributed by atoms with Gasteiger partial charge in [-0.1, -0.05) is 6.92 Å². The molecule has 1 aliphatic rings. The van der Waals surface area contributed by atoms with Gasteiger partial charge < -0.3 is 15.0 Å². The third-order valence-electron chi connectivity index (χ3n) is 3.18. The van der Waals surface area contributed by atoms with Gasteiger partial charge in [0, 0.05) is 31.6 Å². The minimum Gasteiger partial charge on any atom is -0.380 e. The number of aromatic amines is 1. The summed E-state index contributed by atoms with van der Waals surface area (Å²) in [6.45, 7) is 4.96. The Balaban J connectivity index is 1.74. The summed E-state index contributed by atoms with van der Waals surface area (Å²) >= 11 is 0. The zero-order chi connectivity index (χ0) is 14.4. The average Bonchev–Trinajstić information content (AvgIpc) is 3.11. The minimum absolute atomic E-state index is 0.271. The highest BCUT2D eigenvalue weighted by molar-refractivity contribution is 7.89. The summed E-state index contributed by atoms with van der Waals surface area (Å²) in [6.07, 6.45) is 3.99. The fraction of sp³-hybridized carbons (Fsp3) is 0.692. The van der Waals surface area contributed by atoms with Gasteiger partial charge in [0.15, 0.2) is 0 Å². The van der Waals surface area contributed by atoms with Gasteiger partial charge in [-0.05, 0) is 31.4 Å². The lowest BCUT2D eigenvalue weighted by atomic mass is 10.4. The molecule has 0 amide bonds. The lowest BCUT2D eigenvalue weighted by molar-refractivity contribution is 0.129. The first-order valence-corrected chi connectivity index (χ1v) is 8.55. The Labute approximate surface area is 120 Å². The van der Waals surface area contributed by atoms with Gasteiger partial charge in [0.05, 0.1) is 11.5 Å². The molecule has 2 rings (SSSR count). The highest BCUT2D eigenvalue weighted by Gasteiger charge is 2.21. The molecular formula is C13H23N3O3S. The van der Waals surface area contributed by atoms with E-state index >= 15 is 0 Å². The Hall–Kier alpha value is -0.890. The van der Waals surface area contributed by atoms with E-state index in [-0.39, 0.29) is 4.90 Å². The van der Waals surface area contributed by atoms with Crippen LogP contribution < -0.4 is 10.0 Å². The van der Waals surface area contributed by atoms with Gasteiger partial charge in [0.25, 0.3) is 0 Å². The highest BCUT2D eigenvalue weighted by atomic mass is 32.2. The SMILES string of the molecule is CCNCc1cc(S(=O)(=O)NCCOCC2CC2)c[nH]1. The molecule has 0 unspecified atom stereocenters. The molecule has 3 N–H and O–H groups in total. The largest absolute Gasteiger partial charge is 0.380 e. The molecule has 20 heavy (non-hydrogen) atoms. The number of H-pyrrole nitrogens is 1. The predicted octanol–water partition coefficient (Wildman–Crippen LogP) is 0.829. The van der Waals surface area contributed by atoms with E-state index in [0.29, 0.717) is 25.6 Å². The summed E-state index contributed by atoms with van der Waals surface area (Å²) in [7, 11) is -3.44. The molecule has 0 saturated heterocycles. The average molecular weight is 301 g/mol. The van der Waals surface area contributed by atoms with Gasteiger partial charge in [-0.3, -0.25) is 0 Å². The summed E-state index contributed by atoms with van der Waals surface area (Å²) in [5.74, 6) is 0.699. The lowest BCUT2D eigenvalue weighted by Crippen LogP contribution is -2.27. The third kappa shape index (κ3) is 4.90. The van der Waals surface area contributed by atoms with E-state index in [1.807, 2.05) is 6.92 Å². The van der Waals surface area contributed by atoms with Crippen LogP contribution in [0.25, 0.3) is 0 Å². The summed E-state index contributed by atoms with van der Waals surface area (Å²) in [4.78, 5) is 3.23. The van der Waals surface area contributed by atoms with Crippen molar-refractivity contribution in [1.82, 2.24) is 15.0 Å². The summed E-state index contributed by atoms with van der Waals surface area (Å²) < 4.78 is 32.0. The van der Waals surface area contributed by atoms with Crippen LogP contribution in [0.15, 0.2) is 17.2 Å². The van der Waals surface area contributed by atoms with Crippen LogP contribution in [0, 0.1) is 5.92 Å². The molecule has 1 aliphatic carbocycles. The van der Waals surface area contributed by atoms with Crippen LogP contribution in [-0.4, -0.2) is 39.7 Å². The lowest BCUT2D eigenvalue weighted by Gasteiger charge is -2.05. The summed E-state index contributed by atoms with van der Waals surface area (Å²) in [6, 6.07) is 1.65. The third-order valence-corrected chi connectivity index (χ3v) is 4.62. The van der Waals surface area contributed by atoms with E-state index in [9.17, 15) is 8.42 Å². The van der Waals surface area contributed by atoms with Crippen LogP contribution in [0.4, 0.5) is 0 Å². The first-order chi connectivity index (χ1) is 9.62. The van der Waals surface area contributed by atoms with Crippen molar-refractivity contribution in [3.63, 3.8) is 0 Å². The first-order valence-electron chi connectivity index (χ1n) is 7.07. The zero-order valence-electron chi connectivity index (χ0n) is 11.8. The van der Waals surface area contributed by atoms with Crippen molar-refractivity contribution >= 4 is 10.0 Å². The van der Waals surface area contributed by atoms with Crippen LogP contribution >= 0.6 is 0 Å². The summed E-state index contributed by atoms with van der Waals surface area (Å²) in [5, 5.41) is 3.14.